The number of halogens is 1. The van der Waals surface area contributed by atoms with E-state index in [1.165, 1.54) is 4.88 Å². The van der Waals surface area contributed by atoms with Crippen molar-refractivity contribution in [1.82, 2.24) is 30.3 Å². The summed E-state index contributed by atoms with van der Waals surface area (Å²) in [6, 6.07) is 4.57. The molecule has 30 heavy (non-hydrogen) atoms. The zero-order valence-electron chi connectivity index (χ0n) is 17.5. The first-order valence-corrected chi connectivity index (χ1v) is 11.0. The van der Waals surface area contributed by atoms with Crippen molar-refractivity contribution in [2.24, 2.45) is 4.99 Å². The fourth-order valence-electron chi connectivity index (χ4n) is 3.31. The van der Waals surface area contributed by atoms with Crippen LogP contribution in [0.15, 0.2) is 41.5 Å². The molecule has 1 saturated heterocycles. The van der Waals surface area contributed by atoms with E-state index in [0.29, 0.717) is 13.1 Å². The van der Waals surface area contributed by atoms with Crippen molar-refractivity contribution in [3.63, 3.8) is 0 Å². The third kappa shape index (κ3) is 7.33. The molecule has 10 heteroatoms. The van der Waals surface area contributed by atoms with Gasteiger partial charge in [-0.25, -0.2) is 0 Å². The third-order valence-electron chi connectivity index (χ3n) is 4.85. The van der Waals surface area contributed by atoms with Gasteiger partial charge in [-0.1, -0.05) is 19.1 Å². The van der Waals surface area contributed by atoms with Crippen molar-refractivity contribution in [3.05, 3.63) is 47.2 Å². The average molecular weight is 545 g/mol. The first-order valence-electron chi connectivity index (χ1n) is 10.2. The van der Waals surface area contributed by atoms with Gasteiger partial charge in [0.25, 0.3) is 0 Å². The van der Waals surface area contributed by atoms with Crippen LogP contribution in [-0.2, 0) is 17.7 Å². The van der Waals surface area contributed by atoms with Gasteiger partial charge in [0.15, 0.2) is 5.96 Å². The number of rotatable bonds is 10. The van der Waals surface area contributed by atoms with Gasteiger partial charge in [-0.3, -0.25) is 9.89 Å². The second kappa shape index (κ2) is 13.7. The molecule has 166 valence electrons. The van der Waals surface area contributed by atoms with E-state index in [-0.39, 0.29) is 30.0 Å². The molecule has 0 radical (unpaired) electrons. The minimum absolute atomic E-state index is 0. The van der Waals surface area contributed by atoms with Gasteiger partial charge in [0.2, 0.25) is 0 Å². The minimum atomic E-state index is 0. The molecule has 1 fully saturated rings. The molecule has 0 aliphatic carbocycles. The zero-order chi connectivity index (χ0) is 20.3. The summed E-state index contributed by atoms with van der Waals surface area (Å²) in [5, 5.41) is 17.0. The monoisotopic (exact) mass is 545 g/mol. The highest BCUT2D eigenvalue weighted by molar-refractivity contribution is 14.0. The summed E-state index contributed by atoms with van der Waals surface area (Å²) in [5.41, 5.74) is 0. The van der Waals surface area contributed by atoms with Crippen LogP contribution in [0.5, 0.6) is 0 Å². The van der Waals surface area contributed by atoms with Crippen molar-refractivity contribution in [2.75, 3.05) is 45.9 Å². The van der Waals surface area contributed by atoms with Crippen LogP contribution in [0.1, 0.15) is 23.7 Å². The summed E-state index contributed by atoms with van der Waals surface area (Å²) in [5.74, 6) is 1.79. The number of guanidine groups is 1. The summed E-state index contributed by atoms with van der Waals surface area (Å²) in [6.07, 6.45) is 4.49. The topological polar surface area (TPSA) is 79.6 Å². The highest BCUT2D eigenvalue weighted by Gasteiger charge is 2.23. The normalized spacial score (nSPS) is 16.0. The number of ether oxygens (including phenoxy) is 1. The Morgan fingerprint density at radius 1 is 1.40 bits per heavy atom. The van der Waals surface area contributed by atoms with Crippen LogP contribution in [0.3, 0.4) is 0 Å². The van der Waals surface area contributed by atoms with Crippen molar-refractivity contribution in [2.45, 2.75) is 25.9 Å². The van der Waals surface area contributed by atoms with Crippen LogP contribution in [0, 0.1) is 0 Å². The summed E-state index contributed by atoms with van der Waals surface area (Å²) >= 11 is 1.79. The van der Waals surface area contributed by atoms with Crippen LogP contribution < -0.4 is 10.6 Å². The maximum Gasteiger partial charge on any atom is 0.191 e. The molecule has 1 aliphatic heterocycles. The number of aliphatic imine (C=N–C) groups is 1. The molecule has 3 heterocycles. The molecule has 0 amide bonds. The molecule has 1 atom stereocenters. The van der Waals surface area contributed by atoms with Gasteiger partial charge in [-0.2, -0.15) is 0 Å². The van der Waals surface area contributed by atoms with Crippen molar-refractivity contribution in [1.29, 1.82) is 0 Å². The number of hydrogen-bond acceptors (Lipinski definition) is 6. The van der Waals surface area contributed by atoms with Crippen molar-refractivity contribution >= 4 is 41.3 Å². The average Bonchev–Trinajstić information content (AvgIpc) is 3.44. The van der Waals surface area contributed by atoms with Crippen LogP contribution in [0.4, 0.5) is 0 Å². The van der Waals surface area contributed by atoms with Crippen molar-refractivity contribution < 1.29 is 4.74 Å². The molecule has 3 rings (SSSR count). The summed E-state index contributed by atoms with van der Waals surface area (Å²) < 4.78 is 7.60. The molecule has 2 aromatic rings. The largest absolute Gasteiger partial charge is 0.379 e. The van der Waals surface area contributed by atoms with Gasteiger partial charge in [0.1, 0.15) is 12.2 Å². The van der Waals surface area contributed by atoms with Crippen LogP contribution >= 0.6 is 35.3 Å². The van der Waals surface area contributed by atoms with Gasteiger partial charge in [0.05, 0.1) is 25.8 Å². The molecule has 1 unspecified atom stereocenters. The second-order valence-electron chi connectivity index (χ2n) is 6.76. The predicted molar refractivity (Wildman–Crippen MR) is 133 cm³/mol. The standard InChI is InChI=1S/C20H31N7OS.HI/c1-3-7-21-20(22-8-9-27-16-24-25-19(27)4-2)23-15-17(18-6-5-14-29-18)26-10-12-28-13-11-26;/h3,5-6,14,16-17H,1,4,7-13,15H2,2H3,(H2,21,22,23);1H. The Bertz CT molecular complexity index is 759. The van der Waals surface area contributed by atoms with E-state index in [2.05, 4.69) is 61.3 Å². The van der Waals surface area contributed by atoms with Crippen LogP contribution in [0.2, 0.25) is 0 Å². The second-order valence-corrected chi connectivity index (χ2v) is 7.74. The molecule has 0 bridgehead atoms. The number of morpholine rings is 1. The fourth-order valence-corrected chi connectivity index (χ4v) is 4.16. The number of thiophene rings is 1. The third-order valence-corrected chi connectivity index (χ3v) is 5.82. The van der Waals surface area contributed by atoms with Crippen LogP contribution in [-0.4, -0.2) is 71.6 Å². The van der Waals surface area contributed by atoms with Gasteiger partial charge in [-0.05, 0) is 11.4 Å². The predicted octanol–water partition coefficient (Wildman–Crippen LogP) is 2.31. The molecule has 0 saturated carbocycles. The highest BCUT2D eigenvalue weighted by Crippen LogP contribution is 2.26. The van der Waals surface area contributed by atoms with E-state index in [4.69, 9.17) is 9.73 Å². The highest BCUT2D eigenvalue weighted by atomic mass is 127. The Balaban J connectivity index is 0.00000320. The molecule has 2 aromatic heterocycles. The Hall–Kier alpha value is -1.50. The maximum absolute atomic E-state index is 5.53. The molecule has 8 nitrogen and oxygen atoms in total. The lowest BCUT2D eigenvalue weighted by molar-refractivity contribution is 0.0186. The minimum Gasteiger partial charge on any atom is -0.379 e. The zero-order valence-corrected chi connectivity index (χ0v) is 20.6. The van der Waals surface area contributed by atoms with E-state index >= 15 is 0 Å². The molecule has 0 spiro atoms. The molecule has 2 N–H and O–H groups in total. The molecular formula is C20H32IN7OS. The number of aryl methyl sites for hydroxylation is 1. The lowest BCUT2D eigenvalue weighted by atomic mass is 10.2. The SMILES string of the molecule is C=CCNC(=NCC(c1cccs1)N1CCOCC1)NCCn1cnnc1CC.I. The van der Waals surface area contributed by atoms with Gasteiger partial charge < -0.3 is 19.9 Å². The molecular weight excluding hydrogens is 513 g/mol. The van der Waals surface area contributed by atoms with E-state index < -0.39 is 0 Å². The number of aromatic nitrogens is 3. The smallest absolute Gasteiger partial charge is 0.191 e. The van der Waals surface area contributed by atoms with Crippen LogP contribution in [0.25, 0.3) is 0 Å². The van der Waals surface area contributed by atoms with Gasteiger partial charge >= 0.3 is 0 Å². The van der Waals surface area contributed by atoms with E-state index in [1.54, 1.807) is 17.7 Å². The summed E-state index contributed by atoms with van der Waals surface area (Å²) in [7, 11) is 0. The van der Waals surface area contributed by atoms with E-state index in [0.717, 1.165) is 57.6 Å². The quantitative estimate of drug-likeness (QED) is 0.207. The number of nitrogens with zero attached hydrogens (tertiary/aromatic N) is 5. The Morgan fingerprint density at radius 3 is 2.93 bits per heavy atom. The van der Waals surface area contributed by atoms with E-state index in [9.17, 15) is 0 Å². The first kappa shape index (κ1) is 24.8. The lowest BCUT2D eigenvalue weighted by Crippen LogP contribution is -2.42. The Morgan fingerprint density at radius 2 is 2.23 bits per heavy atom. The molecule has 1 aliphatic rings. The summed E-state index contributed by atoms with van der Waals surface area (Å²) in [6.45, 7) is 12.2. The van der Waals surface area contributed by atoms with Crippen molar-refractivity contribution in [3.8, 4) is 0 Å². The Kier molecular flexibility index (Phi) is 11.3. The first-order chi connectivity index (χ1) is 14.3. The lowest BCUT2D eigenvalue weighted by Gasteiger charge is -2.33. The van der Waals surface area contributed by atoms with E-state index in [1.807, 2.05) is 6.08 Å². The fraction of sp³-hybridized carbons (Fsp3) is 0.550. The Labute approximate surface area is 199 Å². The number of hydrogen-bond donors (Lipinski definition) is 2. The number of nitrogens with one attached hydrogen (secondary N) is 2. The molecule has 0 aromatic carbocycles. The maximum atomic E-state index is 5.53. The van der Waals surface area contributed by atoms with Gasteiger partial charge in [-0.15, -0.1) is 52.1 Å². The summed E-state index contributed by atoms with van der Waals surface area (Å²) in [4.78, 5) is 8.69. The van der Waals surface area contributed by atoms with Gasteiger partial charge in [0, 0.05) is 44.0 Å².